The van der Waals surface area contributed by atoms with Crippen molar-refractivity contribution in [1.29, 1.82) is 0 Å². The van der Waals surface area contributed by atoms with E-state index >= 15 is 0 Å². The Hall–Kier alpha value is -1.39. The van der Waals surface area contributed by atoms with Crippen LogP contribution in [0.5, 0.6) is 0 Å². The molecule has 0 spiro atoms. The molecule has 0 radical (unpaired) electrons. The molecule has 0 aliphatic carbocycles. The van der Waals surface area contributed by atoms with Crippen LogP contribution in [0.4, 0.5) is 0 Å². The molecule has 7 nitrogen and oxygen atoms in total. The Balaban J connectivity index is 0.00000261. The molecule has 2 heterocycles. The van der Waals surface area contributed by atoms with Crippen LogP contribution >= 0.6 is 35.6 Å². The summed E-state index contributed by atoms with van der Waals surface area (Å²) in [5, 5.41) is 22.1. The first-order chi connectivity index (χ1) is 12.5. The summed E-state index contributed by atoms with van der Waals surface area (Å²) in [7, 11) is 0. The van der Waals surface area contributed by atoms with E-state index in [0.717, 1.165) is 43.1 Å². The second kappa shape index (κ2) is 10.2. The summed E-state index contributed by atoms with van der Waals surface area (Å²) >= 11 is 5.99. The van der Waals surface area contributed by atoms with Gasteiger partial charge >= 0.3 is 0 Å². The number of halogens is 2. The van der Waals surface area contributed by atoms with Crippen molar-refractivity contribution in [3.05, 3.63) is 46.5 Å². The highest BCUT2D eigenvalue weighted by atomic mass is 127. The van der Waals surface area contributed by atoms with E-state index in [4.69, 9.17) is 11.6 Å². The predicted molar refractivity (Wildman–Crippen MR) is 118 cm³/mol. The Morgan fingerprint density at radius 2 is 2.30 bits per heavy atom. The average molecular weight is 505 g/mol. The van der Waals surface area contributed by atoms with Gasteiger partial charge in [0.25, 0.3) is 0 Å². The zero-order chi connectivity index (χ0) is 18.5. The van der Waals surface area contributed by atoms with Gasteiger partial charge in [0.2, 0.25) is 0 Å². The minimum absolute atomic E-state index is 0. The summed E-state index contributed by atoms with van der Waals surface area (Å²) in [6.07, 6.45) is 1.17. The molecule has 1 aromatic carbocycles. The van der Waals surface area contributed by atoms with Gasteiger partial charge in [-0.15, -0.1) is 24.0 Å². The Labute approximate surface area is 181 Å². The summed E-state index contributed by atoms with van der Waals surface area (Å²) in [5.41, 5.74) is 0.762. The molecule has 2 atom stereocenters. The quantitative estimate of drug-likeness (QED) is 0.331. The minimum Gasteiger partial charge on any atom is -0.386 e. The highest BCUT2D eigenvalue weighted by molar-refractivity contribution is 14.0. The van der Waals surface area contributed by atoms with Gasteiger partial charge in [0.05, 0.1) is 19.2 Å². The fraction of sp³-hybridized carbons (Fsp3) is 0.500. The first-order valence-electron chi connectivity index (χ1n) is 8.94. The number of guanidine groups is 1. The van der Waals surface area contributed by atoms with E-state index in [1.54, 1.807) is 12.1 Å². The van der Waals surface area contributed by atoms with E-state index in [0.29, 0.717) is 11.0 Å². The van der Waals surface area contributed by atoms with Crippen LogP contribution in [0, 0.1) is 6.92 Å². The van der Waals surface area contributed by atoms with E-state index in [1.165, 1.54) is 0 Å². The number of aryl methyl sites for hydroxylation is 2. The number of hydrogen-bond donors (Lipinski definition) is 3. The Morgan fingerprint density at radius 3 is 3.04 bits per heavy atom. The highest BCUT2D eigenvalue weighted by Gasteiger charge is 2.21. The molecule has 0 saturated heterocycles. The summed E-state index contributed by atoms with van der Waals surface area (Å²) < 4.78 is 1.96. The lowest BCUT2D eigenvalue weighted by Gasteiger charge is -2.25. The van der Waals surface area contributed by atoms with Crippen LogP contribution in [0.1, 0.15) is 36.7 Å². The van der Waals surface area contributed by atoms with Crippen molar-refractivity contribution in [2.75, 3.05) is 13.1 Å². The molecule has 1 aliphatic rings. The van der Waals surface area contributed by atoms with Crippen molar-refractivity contribution < 1.29 is 5.11 Å². The second-order valence-corrected chi connectivity index (χ2v) is 6.86. The van der Waals surface area contributed by atoms with Gasteiger partial charge in [-0.05, 0) is 38.0 Å². The van der Waals surface area contributed by atoms with Gasteiger partial charge in [0.15, 0.2) is 5.96 Å². The zero-order valence-corrected chi connectivity index (χ0v) is 18.6. The van der Waals surface area contributed by atoms with Crippen LogP contribution in [-0.4, -0.2) is 45.0 Å². The Morgan fingerprint density at radius 1 is 1.48 bits per heavy atom. The third kappa shape index (κ3) is 6.05. The molecule has 9 heteroatoms. The molecule has 1 aromatic heterocycles. The van der Waals surface area contributed by atoms with Crippen LogP contribution in [0.15, 0.2) is 29.3 Å². The van der Waals surface area contributed by atoms with Gasteiger partial charge in [-0.2, -0.15) is 5.10 Å². The monoisotopic (exact) mass is 504 g/mol. The molecule has 1 aliphatic heterocycles. The van der Waals surface area contributed by atoms with E-state index in [9.17, 15) is 5.11 Å². The van der Waals surface area contributed by atoms with Crippen LogP contribution in [0.25, 0.3) is 0 Å². The van der Waals surface area contributed by atoms with E-state index in [-0.39, 0.29) is 36.6 Å². The van der Waals surface area contributed by atoms with Crippen LogP contribution in [0.3, 0.4) is 0 Å². The predicted octanol–water partition coefficient (Wildman–Crippen LogP) is 2.46. The lowest BCUT2D eigenvalue weighted by Crippen LogP contribution is -2.47. The van der Waals surface area contributed by atoms with Crippen LogP contribution in [0.2, 0.25) is 5.02 Å². The normalized spacial score (nSPS) is 17.6. The highest BCUT2D eigenvalue weighted by Crippen LogP contribution is 2.18. The number of aliphatic hydroxyl groups excluding tert-OH is 1. The molecular weight excluding hydrogens is 479 g/mol. The SMILES string of the molecule is CCNC(=NCC(O)c1cccc(Cl)c1)NC1CCc2nc(C)nn2C1.I. The molecule has 0 fully saturated rings. The van der Waals surface area contributed by atoms with Crippen LogP contribution in [-0.2, 0) is 13.0 Å². The number of nitrogens with one attached hydrogen (secondary N) is 2. The molecule has 0 saturated carbocycles. The molecule has 3 N–H and O–H groups in total. The smallest absolute Gasteiger partial charge is 0.191 e. The Kier molecular flexibility index (Phi) is 8.30. The number of nitrogens with zero attached hydrogens (tertiary/aromatic N) is 4. The van der Waals surface area contributed by atoms with Crippen molar-refractivity contribution in [3.8, 4) is 0 Å². The third-order valence-electron chi connectivity index (χ3n) is 4.30. The fourth-order valence-electron chi connectivity index (χ4n) is 3.06. The maximum atomic E-state index is 10.4. The molecule has 2 unspecified atom stereocenters. The van der Waals surface area contributed by atoms with Crippen molar-refractivity contribution in [2.24, 2.45) is 4.99 Å². The largest absolute Gasteiger partial charge is 0.386 e. The van der Waals surface area contributed by atoms with Crippen molar-refractivity contribution in [3.63, 3.8) is 0 Å². The van der Waals surface area contributed by atoms with Gasteiger partial charge in [0.1, 0.15) is 11.6 Å². The second-order valence-electron chi connectivity index (χ2n) is 6.43. The molecule has 0 bridgehead atoms. The Bertz CT molecular complexity index is 781. The van der Waals surface area contributed by atoms with E-state index in [2.05, 4.69) is 25.7 Å². The topological polar surface area (TPSA) is 87.4 Å². The van der Waals surface area contributed by atoms with Gasteiger partial charge in [-0.1, -0.05) is 23.7 Å². The fourth-order valence-corrected chi connectivity index (χ4v) is 3.26. The van der Waals surface area contributed by atoms with Crippen molar-refractivity contribution >= 4 is 41.5 Å². The van der Waals surface area contributed by atoms with Crippen molar-refractivity contribution in [1.82, 2.24) is 25.4 Å². The number of aliphatic hydroxyl groups is 1. The summed E-state index contributed by atoms with van der Waals surface area (Å²) in [6.45, 7) is 5.70. The number of fused-ring (bicyclic) bond motifs is 1. The standard InChI is InChI=1S/C18H25ClN6O.HI/c1-3-20-18(21-10-16(26)13-5-4-6-14(19)9-13)23-15-7-8-17-22-12(2)24-25(17)11-15;/h4-6,9,15-16,26H,3,7-8,10-11H2,1-2H3,(H2,20,21,23);1H. The summed E-state index contributed by atoms with van der Waals surface area (Å²) in [6, 6.07) is 7.45. The van der Waals surface area contributed by atoms with Crippen molar-refractivity contribution in [2.45, 2.75) is 45.4 Å². The van der Waals surface area contributed by atoms with Gasteiger partial charge < -0.3 is 15.7 Å². The first-order valence-corrected chi connectivity index (χ1v) is 9.31. The molecule has 27 heavy (non-hydrogen) atoms. The number of rotatable bonds is 5. The summed E-state index contributed by atoms with van der Waals surface area (Å²) in [5.74, 6) is 2.55. The zero-order valence-electron chi connectivity index (χ0n) is 15.5. The maximum Gasteiger partial charge on any atom is 0.191 e. The summed E-state index contributed by atoms with van der Waals surface area (Å²) in [4.78, 5) is 8.97. The number of hydrogen-bond acceptors (Lipinski definition) is 4. The van der Waals surface area contributed by atoms with Gasteiger partial charge in [-0.3, -0.25) is 4.99 Å². The minimum atomic E-state index is -0.694. The number of aliphatic imine (C=N–C) groups is 1. The van der Waals surface area contributed by atoms with E-state index in [1.807, 2.05) is 30.7 Å². The lowest BCUT2D eigenvalue weighted by atomic mass is 10.1. The van der Waals surface area contributed by atoms with E-state index < -0.39 is 6.10 Å². The lowest BCUT2D eigenvalue weighted by molar-refractivity contribution is 0.187. The average Bonchev–Trinajstić information content (AvgIpc) is 2.99. The number of aromatic nitrogens is 3. The molecule has 3 rings (SSSR count). The van der Waals surface area contributed by atoms with Gasteiger partial charge in [-0.25, -0.2) is 9.67 Å². The van der Waals surface area contributed by atoms with Gasteiger partial charge in [0, 0.05) is 24.0 Å². The van der Waals surface area contributed by atoms with Crippen LogP contribution < -0.4 is 10.6 Å². The first kappa shape index (κ1) is 21.9. The maximum absolute atomic E-state index is 10.4. The molecule has 0 amide bonds. The molecular formula is C18H26ClIN6O. The molecule has 148 valence electrons. The third-order valence-corrected chi connectivity index (χ3v) is 4.54. The molecule has 2 aromatic rings. The number of benzene rings is 1.